The van der Waals surface area contributed by atoms with Gasteiger partial charge in [-0.15, -0.1) is 0 Å². The number of halogens is 3. The molecule has 0 saturated heterocycles. The first-order valence-corrected chi connectivity index (χ1v) is 4.43. The van der Waals surface area contributed by atoms with E-state index in [0.29, 0.717) is 0 Å². The van der Waals surface area contributed by atoms with Gasteiger partial charge in [0, 0.05) is 6.07 Å². The molecule has 1 heterocycles. The van der Waals surface area contributed by atoms with Gasteiger partial charge in [0.15, 0.2) is 5.56 Å². The maximum Gasteiger partial charge on any atom is 0.286 e. The van der Waals surface area contributed by atoms with Crippen molar-refractivity contribution in [1.82, 2.24) is 4.98 Å². The average Bonchev–Trinajstić information content (AvgIpc) is 2.15. The molecule has 1 rings (SSSR count). The Morgan fingerprint density at radius 1 is 1.67 bits per heavy atom. The summed E-state index contributed by atoms with van der Waals surface area (Å²) in [5, 5.41) is 10.5. The Morgan fingerprint density at radius 3 is 2.67 bits per heavy atom. The van der Waals surface area contributed by atoms with Crippen LogP contribution in [0.2, 0.25) is 0 Å². The quantitative estimate of drug-likeness (QED) is 0.486. The van der Waals surface area contributed by atoms with Crippen molar-refractivity contribution in [1.29, 1.82) is 0 Å². The van der Waals surface area contributed by atoms with E-state index in [1.165, 1.54) is 0 Å². The van der Waals surface area contributed by atoms with Gasteiger partial charge in [0.25, 0.3) is 12.1 Å². The van der Waals surface area contributed by atoms with E-state index in [1.807, 2.05) is 0 Å². The van der Waals surface area contributed by atoms with E-state index in [4.69, 9.17) is 0 Å². The third-order valence-corrected chi connectivity index (χ3v) is 1.99. The number of nitro groups is 1. The van der Waals surface area contributed by atoms with E-state index in [0.717, 1.165) is 13.2 Å². The van der Waals surface area contributed by atoms with Crippen LogP contribution in [0.1, 0.15) is 12.0 Å². The van der Waals surface area contributed by atoms with E-state index in [1.54, 1.807) is 0 Å². The Morgan fingerprint density at radius 2 is 2.27 bits per heavy atom. The first-order chi connectivity index (χ1) is 6.97. The first kappa shape index (κ1) is 11.8. The van der Waals surface area contributed by atoms with Gasteiger partial charge in [0.1, 0.15) is 4.60 Å². The smallest absolute Gasteiger partial charge is 0.286 e. The van der Waals surface area contributed by atoms with Crippen LogP contribution in [-0.4, -0.2) is 17.0 Å². The second-order valence-electron chi connectivity index (χ2n) is 2.44. The van der Waals surface area contributed by atoms with Crippen LogP contribution >= 0.6 is 15.9 Å². The number of alkyl halides is 2. The van der Waals surface area contributed by atoms with Gasteiger partial charge in [-0.25, -0.2) is 13.8 Å². The van der Waals surface area contributed by atoms with Gasteiger partial charge in [0.2, 0.25) is 5.88 Å². The summed E-state index contributed by atoms with van der Waals surface area (Å²) in [6, 6.07) is 0.907. The monoisotopic (exact) mass is 282 g/mol. The van der Waals surface area contributed by atoms with Gasteiger partial charge >= 0.3 is 0 Å². The molecule has 0 atom stereocenters. The number of aromatic nitrogens is 1. The summed E-state index contributed by atoms with van der Waals surface area (Å²) >= 11 is 2.86. The molecule has 0 amide bonds. The molecule has 0 saturated carbocycles. The van der Waals surface area contributed by atoms with Gasteiger partial charge in [0.05, 0.1) is 12.0 Å². The van der Waals surface area contributed by atoms with Crippen LogP contribution in [-0.2, 0) is 0 Å². The van der Waals surface area contributed by atoms with Gasteiger partial charge in [-0.3, -0.25) is 10.1 Å². The molecule has 0 unspecified atom stereocenters. The Bertz CT molecular complexity index is 400. The summed E-state index contributed by atoms with van der Waals surface area (Å²) in [6.45, 7) is 0. The van der Waals surface area contributed by atoms with Crippen molar-refractivity contribution in [2.24, 2.45) is 0 Å². The molecule has 0 fully saturated rings. The molecule has 82 valence electrons. The molecule has 1 aromatic rings. The van der Waals surface area contributed by atoms with Crippen LogP contribution in [0.5, 0.6) is 5.88 Å². The predicted octanol–water partition coefficient (Wildman–Crippen LogP) is 2.70. The van der Waals surface area contributed by atoms with E-state index in [9.17, 15) is 18.9 Å². The SMILES string of the molecule is COc1nc(Br)cc([N+](=O)[O-])c1C(F)F. The molecule has 0 aliphatic heterocycles. The lowest BCUT2D eigenvalue weighted by Crippen LogP contribution is -2.02. The van der Waals surface area contributed by atoms with Gasteiger partial charge in [-0.05, 0) is 15.9 Å². The minimum atomic E-state index is -3.01. The lowest BCUT2D eigenvalue weighted by atomic mass is 10.2. The number of hydrogen-bond acceptors (Lipinski definition) is 4. The molecule has 15 heavy (non-hydrogen) atoms. The summed E-state index contributed by atoms with van der Waals surface area (Å²) in [7, 11) is 1.12. The van der Waals surface area contributed by atoms with Crippen LogP contribution < -0.4 is 4.74 Å². The second kappa shape index (κ2) is 4.47. The summed E-state index contributed by atoms with van der Waals surface area (Å²) in [6.07, 6.45) is -3.01. The third kappa shape index (κ3) is 2.38. The van der Waals surface area contributed by atoms with Crippen molar-refractivity contribution in [3.8, 4) is 5.88 Å². The lowest BCUT2D eigenvalue weighted by Gasteiger charge is -2.07. The second-order valence-corrected chi connectivity index (χ2v) is 3.26. The topological polar surface area (TPSA) is 65.3 Å². The predicted molar refractivity (Wildman–Crippen MR) is 50.1 cm³/mol. The standard InChI is InChI=1S/C7H5BrF2N2O3/c1-15-7-5(6(9)10)3(12(13)14)2-4(8)11-7/h2,6H,1H3. The van der Waals surface area contributed by atoms with Crippen molar-refractivity contribution in [3.63, 3.8) is 0 Å². The number of hydrogen-bond donors (Lipinski definition) is 0. The summed E-state index contributed by atoms with van der Waals surface area (Å²) in [4.78, 5) is 13.2. The summed E-state index contributed by atoms with van der Waals surface area (Å²) < 4.78 is 29.7. The molecule has 0 bridgehead atoms. The number of pyridine rings is 1. The third-order valence-electron chi connectivity index (χ3n) is 1.58. The molecule has 8 heteroatoms. The van der Waals surface area contributed by atoms with Crippen LogP contribution in [0.4, 0.5) is 14.5 Å². The van der Waals surface area contributed by atoms with Crippen molar-refractivity contribution < 1.29 is 18.4 Å². The molecule has 5 nitrogen and oxygen atoms in total. The Labute approximate surface area is 91.3 Å². The highest BCUT2D eigenvalue weighted by atomic mass is 79.9. The largest absolute Gasteiger partial charge is 0.480 e. The van der Waals surface area contributed by atoms with E-state index in [2.05, 4.69) is 25.7 Å². The van der Waals surface area contributed by atoms with Crippen LogP contribution in [0.25, 0.3) is 0 Å². The summed E-state index contributed by atoms with van der Waals surface area (Å²) in [5.41, 5.74) is -1.53. The highest BCUT2D eigenvalue weighted by molar-refractivity contribution is 9.10. The minimum Gasteiger partial charge on any atom is -0.480 e. The molecule has 0 aliphatic carbocycles. The average molecular weight is 283 g/mol. The zero-order valence-corrected chi connectivity index (χ0v) is 8.99. The van der Waals surface area contributed by atoms with E-state index >= 15 is 0 Å². The van der Waals surface area contributed by atoms with Crippen LogP contribution in [0.15, 0.2) is 10.7 Å². The number of rotatable bonds is 3. The van der Waals surface area contributed by atoms with Crippen LogP contribution in [0.3, 0.4) is 0 Å². The number of methoxy groups -OCH3 is 1. The molecule has 0 N–H and O–H groups in total. The fourth-order valence-corrected chi connectivity index (χ4v) is 1.38. The Kier molecular flexibility index (Phi) is 3.51. The Balaban J connectivity index is 3.47. The highest BCUT2D eigenvalue weighted by Crippen LogP contribution is 2.36. The summed E-state index contributed by atoms with van der Waals surface area (Å²) in [5.74, 6) is -0.453. The maximum atomic E-state index is 12.5. The normalized spacial score (nSPS) is 10.5. The van der Waals surface area contributed by atoms with E-state index in [-0.39, 0.29) is 4.60 Å². The maximum absolute atomic E-state index is 12.5. The highest BCUT2D eigenvalue weighted by Gasteiger charge is 2.28. The molecule has 0 aliphatic rings. The Hall–Kier alpha value is -1.31. The first-order valence-electron chi connectivity index (χ1n) is 3.64. The molecule has 0 radical (unpaired) electrons. The minimum absolute atomic E-state index is 0.0652. The van der Waals surface area contributed by atoms with Crippen molar-refractivity contribution >= 4 is 21.6 Å². The number of ether oxygens (including phenoxy) is 1. The van der Waals surface area contributed by atoms with Gasteiger partial charge in [-0.1, -0.05) is 0 Å². The van der Waals surface area contributed by atoms with E-state index < -0.39 is 28.5 Å². The van der Waals surface area contributed by atoms with Crippen molar-refractivity contribution in [3.05, 3.63) is 26.3 Å². The molecular weight excluding hydrogens is 278 g/mol. The van der Waals surface area contributed by atoms with Crippen molar-refractivity contribution in [2.75, 3.05) is 7.11 Å². The fraction of sp³-hybridized carbons (Fsp3) is 0.286. The lowest BCUT2D eigenvalue weighted by molar-refractivity contribution is -0.386. The molecular formula is C7H5BrF2N2O3. The van der Waals surface area contributed by atoms with Crippen molar-refractivity contribution in [2.45, 2.75) is 6.43 Å². The zero-order chi connectivity index (χ0) is 11.6. The van der Waals surface area contributed by atoms with Crippen LogP contribution in [0, 0.1) is 10.1 Å². The molecule has 1 aromatic heterocycles. The fourth-order valence-electron chi connectivity index (χ4n) is 1.00. The van der Waals surface area contributed by atoms with Gasteiger partial charge in [-0.2, -0.15) is 0 Å². The van der Waals surface area contributed by atoms with Gasteiger partial charge < -0.3 is 4.74 Å². The molecule has 0 spiro atoms. The zero-order valence-electron chi connectivity index (χ0n) is 7.41. The molecule has 0 aromatic carbocycles. The number of nitrogens with zero attached hydrogens (tertiary/aromatic N) is 2.